The Morgan fingerprint density at radius 1 is 1.14 bits per heavy atom. The molecule has 116 valence electrons. The summed E-state index contributed by atoms with van der Waals surface area (Å²) in [6.45, 7) is 5.04. The number of methoxy groups -OCH3 is 1. The number of hydrogen-bond acceptors (Lipinski definition) is 5. The van der Waals surface area contributed by atoms with E-state index in [0.29, 0.717) is 22.8 Å². The van der Waals surface area contributed by atoms with Gasteiger partial charge in [0.15, 0.2) is 0 Å². The van der Waals surface area contributed by atoms with Gasteiger partial charge in [-0.15, -0.1) is 11.3 Å². The Morgan fingerprint density at radius 3 is 2.24 bits per heavy atom. The van der Waals surface area contributed by atoms with Gasteiger partial charge in [0, 0.05) is 20.1 Å². The van der Waals surface area contributed by atoms with Crippen molar-refractivity contribution in [1.82, 2.24) is 9.80 Å². The predicted octanol–water partition coefficient (Wildman–Crippen LogP) is 1.48. The molecule has 0 saturated carbocycles. The summed E-state index contributed by atoms with van der Waals surface area (Å²) in [5.74, 6) is -0.850. The Labute approximate surface area is 128 Å². The molecule has 0 aliphatic carbocycles. The molecule has 1 rings (SSSR count). The first kappa shape index (κ1) is 17.2. The summed E-state index contributed by atoms with van der Waals surface area (Å²) in [5, 5.41) is 0. The van der Waals surface area contributed by atoms with Crippen LogP contribution in [0.3, 0.4) is 0 Å². The Balaban J connectivity index is 2.72. The number of rotatable bonds is 6. The van der Waals surface area contributed by atoms with Gasteiger partial charge in [0.2, 0.25) is 5.91 Å². The van der Waals surface area contributed by atoms with Crippen LogP contribution in [0.15, 0.2) is 12.1 Å². The molecule has 1 aromatic rings. The fourth-order valence-electron chi connectivity index (χ4n) is 1.80. The number of likely N-dealkylation sites (N-methyl/N-ethyl adjacent to an activating group) is 2. The average molecular weight is 312 g/mol. The van der Waals surface area contributed by atoms with E-state index < -0.39 is 5.97 Å². The van der Waals surface area contributed by atoms with Crippen molar-refractivity contribution in [1.29, 1.82) is 0 Å². The second-order valence-electron chi connectivity index (χ2n) is 4.38. The molecular formula is C14H20N2O4S. The van der Waals surface area contributed by atoms with Gasteiger partial charge >= 0.3 is 5.97 Å². The molecule has 0 aromatic carbocycles. The minimum Gasteiger partial charge on any atom is -0.465 e. The van der Waals surface area contributed by atoms with Gasteiger partial charge in [-0.2, -0.15) is 0 Å². The highest BCUT2D eigenvalue weighted by Crippen LogP contribution is 2.18. The van der Waals surface area contributed by atoms with Crippen LogP contribution >= 0.6 is 11.3 Å². The van der Waals surface area contributed by atoms with Crippen molar-refractivity contribution in [2.45, 2.75) is 13.8 Å². The van der Waals surface area contributed by atoms with Crippen LogP contribution in [0.4, 0.5) is 0 Å². The van der Waals surface area contributed by atoms with E-state index in [9.17, 15) is 14.4 Å². The standard InChI is InChI=1S/C14H20N2O4S/c1-5-16(6-2)12(17)9-15(3)13(18)10-7-8-11(21-10)14(19)20-4/h7-8H,5-6,9H2,1-4H3. The normalized spacial score (nSPS) is 10.1. The van der Waals surface area contributed by atoms with Crippen molar-refractivity contribution in [3.63, 3.8) is 0 Å². The molecule has 0 radical (unpaired) electrons. The van der Waals surface area contributed by atoms with Crippen molar-refractivity contribution in [2.24, 2.45) is 0 Å². The Bertz CT molecular complexity index is 523. The summed E-state index contributed by atoms with van der Waals surface area (Å²) in [6.07, 6.45) is 0. The van der Waals surface area contributed by atoms with Crippen molar-refractivity contribution in [3.8, 4) is 0 Å². The number of carbonyl (C=O) groups excluding carboxylic acids is 3. The van der Waals surface area contributed by atoms with Gasteiger partial charge in [-0.25, -0.2) is 4.79 Å². The lowest BCUT2D eigenvalue weighted by Gasteiger charge is -2.22. The van der Waals surface area contributed by atoms with E-state index in [4.69, 9.17) is 0 Å². The van der Waals surface area contributed by atoms with Gasteiger partial charge in [-0.05, 0) is 26.0 Å². The smallest absolute Gasteiger partial charge is 0.348 e. The average Bonchev–Trinajstić information content (AvgIpc) is 2.96. The highest BCUT2D eigenvalue weighted by atomic mass is 32.1. The van der Waals surface area contributed by atoms with Crippen LogP contribution in [0.5, 0.6) is 0 Å². The van der Waals surface area contributed by atoms with Gasteiger partial charge in [-0.3, -0.25) is 9.59 Å². The van der Waals surface area contributed by atoms with Gasteiger partial charge in [0.1, 0.15) is 4.88 Å². The molecule has 2 amide bonds. The maximum absolute atomic E-state index is 12.2. The molecular weight excluding hydrogens is 292 g/mol. The topological polar surface area (TPSA) is 66.9 Å². The first-order valence-electron chi connectivity index (χ1n) is 6.65. The van der Waals surface area contributed by atoms with E-state index in [1.165, 1.54) is 12.0 Å². The monoisotopic (exact) mass is 312 g/mol. The zero-order chi connectivity index (χ0) is 16.0. The van der Waals surface area contributed by atoms with Crippen molar-refractivity contribution in [2.75, 3.05) is 33.8 Å². The van der Waals surface area contributed by atoms with E-state index in [-0.39, 0.29) is 18.4 Å². The maximum Gasteiger partial charge on any atom is 0.348 e. The van der Waals surface area contributed by atoms with E-state index in [1.54, 1.807) is 24.1 Å². The number of hydrogen-bond donors (Lipinski definition) is 0. The molecule has 0 bridgehead atoms. The van der Waals surface area contributed by atoms with E-state index >= 15 is 0 Å². The van der Waals surface area contributed by atoms with E-state index in [0.717, 1.165) is 11.3 Å². The first-order chi connectivity index (χ1) is 9.94. The Kier molecular flexibility index (Phi) is 6.36. The number of nitrogens with zero attached hydrogens (tertiary/aromatic N) is 2. The van der Waals surface area contributed by atoms with Crippen molar-refractivity contribution in [3.05, 3.63) is 21.9 Å². The molecule has 21 heavy (non-hydrogen) atoms. The molecule has 0 unspecified atom stereocenters. The van der Waals surface area contributed by atoms with Crippen LogP contribution in [0, 0.1) is 0 Å². The molecule has 0 atom stereocenters. The summed E-state index contributed by atoms with van der Waals surface area (Å²) >= 11 is 1.06. The highest BCUT2D eigenvalue weighted by Gasteiger charge is 2.20. The number of amides is 2. The number of carbonyl (C=O) groups is 3. The second kappa shape index (κ2) is 7.78. The summed E-state index contributed by atoms with van der Waals surface area (Å²) < 4.78 is 4.60. The van der Waals surface area contributed by atoms with Crippen LogP contribution in [-0.2, 0) is 9.53 Å². The minimum atomic E-state index is -0.471. The lowest BCUT2D eigenvalue weighted by Crippen LogP contribution is -2.40. The lowest BCUT2D eigenvalue weighted by atomic mass is 10.3. The maximum atomic E-state index is 12.2. The highest BCUT2D eigenvalue weighted by molar-refractivity contribution is 7.15. The lowest BCUT2D eigenvalue weighted by molar-refractivity contribution is -0.131. The summed E-state index contributed by atoms with van der Waals surface area (Å²) in [4.78, 5) is 39.3. The Morgan fingerprint density at radius 2 is 1.71 bits per heavy atom. The van der Waals surface area contributed by atoms with Crippen LogP contribution in [-0.4, -0.2) is 61.4 Å². The van der Waals surface area contributed by atoms with Crippen molar-refractivity contribution < 1.29 is 19.1 Å². The molecule has 0 aliphatic heterocycles. The third-order valence-corrected chi connectivity index (χ3v) is 4.09. The summed E-state index contributed by atoms with van der Waals surface area (Å²) in [5.41, 5.74) is 0. The number of esters is 1. The van der Waals surface area contributed by atoms with Crippen LogP contribution in [0.1, 0.15) is 33.2 Å². The zero-order valence-electron chi connectivity index (χ0n) is 12.7. The molecule has 0 aliphatic rings. The quantitative estimate of drug-likeness (QED) is 0.746. The largest absolute Gasteiger partial charge is 0.465 e. The molecule has 6 nitrogen and oxygen atoms in total. The van der Waals surface area contributed by atoms with Gasteiger partial charge in [0.25, 0.3) is 5.91 Å². The van der Waals surface area contributed by atoms with Gasteiger partial charge in [-0.1, -0.05) is 0 Å². The molecule has 1 aromatic heterocycles. The first-order valence-corrected chi connectivity index (χ1v) is 7.47. The van der Waals surface area contributed by atoms with Crippen molar-refractivity contribution >= 4 is 29.1 Å². The Hall–Kier alpha value is -1.89. The molecule has 1 heterocycles. The third kappa shape index (κ3) is 4.29. The fraction of sp³-hybridized carbons (Fsp3) is 0.500. The summed E-state index contributed by atoms with van der Waals surface area (Å²) in [6, 6.07) is 3.11. The predicted molar refractivity (Wildman–Crippen MR) is 80.5 cm³/mol. The molecule has 0 spiro atoms. The van der Waals surface area contributed by atoms with Gasteiger partial charge < -0.3 is 14.5 Å². The number of ether oxygens (including phenoxy) is 1. The van der Waals surface area contributed by atoms with Crippen LogP contribution < -0.4 is 0 Å². The fourth-order valence-corrected chi connectivity index (χ4v) is 2.72. The van der Waals surface area contributed by atoms with E-state index in [2.05, 4.69) is 4.74 Å². The van der Waals surface area contributed by atoms with Crippen LogP contribution in [0.2, 0.25) is 0 Å². The molecule has 7 heteroatoms. The third-order valence-electron chi connectivity index (χ3n) is 3.04. The molecule has 0 saturated heterocycles. The molecule has 0 fully saturated rings. The SMILES string of the molecule is CCN(CC)C(=O)CN(C)C(=O)c1ccc(C(=O)OC)s1. The van der Waals surface area contributed by atoms with Crippen LogP contribution in [0.25, 0.3) is 0 Å². The minimum absolute atomic E-state index is 0.0198. The van der Waals surface area contributed by atoms with E-state index in [1.807, 2.05) is 13.8 Å². The van der Waals surface area contributed by atoms with Gasteiger partial charge in [0.05, 0.1) is 18.5 Å². The second-order valence-corrected chi connectivity index (χ2v) is 5.47. The number of thiophene rings is 1. The zero-order valence-corrected chi connectivity index (χ0v) is 13.5. The molecule has 0 N–H and O–H groups in total. The summed E-state index contributed by atoms with van der Waals surface area (Å²) in [7, 11) is 2.86.